The van der Waals surface area contributed by atoms with Crippen LogP contribution >= 0.6 is 11.8 Å². The Morgan fingerprint density at radius 3 is 2.86 bits per heavy atom. The van der Waals surface area contributed by atoms with E-state index in [9.17, 15) is 0 Å². The second kappa shape index (κ2) is 6.15. The van der Waals surface area contributed by atoms with Gasteiger partial charge in [-0.25, -0.2) is 0 Å². The molecule has 1 aliphatic carbocycles. The van der Waals surface area contributed by atoms with Crippen LogP contribution in [-0.2, 0) is 18.7 Å². The van der Waals surface area contributed by atoms with Crippen LogP contribution in [0.1, 0.15) is 50.3 Å². The fourth-order valence-corrected chi connectivity index (χ4v) is 3.02. The fraction of sp³-hybridized carbons (Fsp3) is 0.692. The second-order valence-electron chi connectivity index (χ2n) is 5.70. The molecule has 21 heavy (non-hydrogen) atoms. The zero-order chi connectivity index (χ0) is 14.8. The number of thioether (sulfide) groups is 1. The first-order valence-corrected chi connectivity index (χ1v) is 8.24. The summed E-state index contributed by atoms with van der Waals surface area (Å²) in [7, 11) is 0. The van der Waals surface area contributed by atoms with Gasteiger partial charge < -0.3 is 14.8 Å². The lowest BCUT2D eigenvalue weighted by Gasteiger charge is -2.06. The van der Waals surface area contributed by atoms with Gasteiger partial charge in [0.15, 0.2) is 11.0 Å². The highest BCUT2D eigenvalue weighted by Crippen LogP contribution is 2.39. The Morgan fingerprint density at radius 2 is 2.19 bits per heavy atom. The Bertz CT molecular complexity index is 604. The van der Waals surface area contributed by atoms with Crippen LogP contribution in [-0.4, -0.2) is 24.9 Å². The molecule has 1 saturated carbocycles. The molecule has 7 nitrogen and oxygen atoms in total. The van der Waals surface area contributed by atoms with Crippen molar-refractivity contribution in [3.63, 3.8) is 0 Å². The summed E-state index contributed by atoms with van der Waals surface area (Å²) in [5.74, 6) is 3.41. The number of rotatable bonds is 7. The largest absolute Gasteiger partial charge is 0.339 e. The third kappa shape index (κ3) is 3.44. The van der Waals surface area contributed by atoms with Crippen LogP contribution in [0.3, 0.4) is 0 Å². The van der Waals surface area contributed by atoms with Crippen molar-refractivity contribution in [2.24, 2.45) is 11.7 Å². The van der Waals surface area contributed by atoms with E-state index in [-0.39, 0.29) is 0 Å². The summed E-state index contributed by atoms with van der Waals surface area (Å²) in [5.41, 5.74) is 5.71. The molecular formula is C13H20N6OS. The fourth-order valence-electron chi connectivity index (χ4n) is 2.15. The van der Waals surface area contributed by atoms with Crippen LogP contribution in [0, 0.1) is 5.92 Å². The van der Waals surface area contributed by atoms with Crippen LogP contribution in [0.15, 0.2) is 9.68 Å². The van der Waals surface area contributed by atoms with E-state index in [0.717, 1.165) is 17.4 Å². The quantitative estimate of drug-likeness (QED) is 0.781. The topological polar surface area (TPSA) is 95.7 Å². The number of nitrogens with zero attached hydrogens (tertiary/aromatic N) is 5. The highest BCUT2D eigenvalue weighted by molar-refractivity contribution is 7.98. The van der Waals surface area contributed by atoms with Crippen molar-refractivity contribution >= 4 is 11.8 Å². The standard InChI is InChI=1S/C13H20N6OS/c1-8(2)5-12-15-10(18-20-12)7-21-13-17-16-11(6-14)19(13)9-3-4-9/h8-9H,3-7,14H2,1-2H3. The Morgan fingerprint density at radius 1 is 1.38 bits per heavy atom. The molecule has 0 aliphatic heterocycles. The molecule has 2 N–H and O–H groups in total. The highest BCUT2D eigenvalue weighted by atomic mass is 32.2. The lowest BCUT2D eigenvalue weighted by Crippen LogP contribution is -2.08. The molecule has 1 fully saturated rings. The van der Waals surface area contributed by atoms with Gasteiger partial charge in [-0.1, -0.05) is 30.8 Å². The molecule has 1 aliphatic rings. The summed E-state index contributed by atoms with van der Waals surface area (Å²) in [6, 6.07) is 0.517. The average molecular weight is 308 g/mol. The van der Waals surface area contributed by atoms with Gasteiger partial charge in [-0.2, -0.15) is 4.98 Å². The van der Waals surface area contributed by atoms with Gasteiger partial charge in [0.1, 0.15) is 5.82 Å². The smallest absolute Gasteiger partial charge is 0.226 e. The first-order valence-electron chi connectivity index (χ1n) is 7.25. The molecule has 0 amide bonds. The maximum Gasteiger partial charge on any atom is 0.226 e. The first kappa shape index (κ1) is 14.5. The van der Waals surface area contributed by atoms with Crippen LogP contribution in [0.25, 0.3) is 0 Å². The van der Waals surface area contributed by atoms with Crippen LogP contribution in [0.4, 0.5) is 0 Å². The van der Waals surface area contributed by atoms with E-state index in [1.54, 1.807) is 11.8 Å². The molecule has 0 spiro atoms. The molecule has 2 aromatic heterocycles. The summed E-state index contributed by atoms with van der Waals surface area (Å²) in [4.78, 5) is 4.40. The Balaban J connectivity index is 1.65. The van der Waals surface area contributed by atoms with Crippen molar-refractivity contribution < 1.29 is 4.52 Å². The molecule has 0 aromatic carbocycles. The number of nitrogens with two attached hydrogens (primary N) is 1. The van der Waals surface area contributed by atoms with Crippen molar-refractivity contribution in [2.45, 2.75) is 56.6 Å². The van der Waals surface area contributed by atoms with Gasteiger partial charge in [0, 0.05) is 12.5 Å². The predicted octanol–water partition coefficient (Wildman–Crippen LogP) is 1.95. The van der Waals surface area contributed by atoms with Crippen LogP contribution in [0.5, 0.6) is 0 Å². The number of aromatic nitrogens is 5. The lowest BCUT2D eigenvalue weighted by atomic mass is 10.1. The normalized spacial score (nSPS) is 15.0. The van der Waals surface area contributed by atoms with Crippen molar-refractivity contribution in [3.05, 3.63) is 17.5 Å². The van der Waals surface area contributed by atoms with E-state index in [4.69, 9.17) is 10.3 Å². The Kier molecular flexibility index (Phi) is 4.25. The summed E-state index contributed by atoms with van der Waals surface area (Å²) in [6.07, 6.45) is 3.17. The lowest BCUT2D eigenvalue weighted by molar-refractivity contribution is 0.360. The van der Waals surface area contributed by atoms with E-state index in [1.165, 1.54) is 12.8 Å². The van der Waals surface area contributed by atoms with Gasteiger partial charge in [-0.3, -0.25) is 0 Å². The summed E-state index contributed by atoms with van der Waals surface area (Å²) < 4.78 is 7.40. The minimum absolute atomic E-state index is 0.421. The first-order chi connectivity index (χ1) is 10.2. The maximum atomic E-state index is 5.71. The van der Waals surface area contributed by atoms with Crippen LogP contribution < -0.4 is 5.73 Å². The molecule has 8 heteroatoms. The van der Waals surface area contributed by atoms with E-state index in [2.05, 4.69) is 38.8 Å². The maximum absolute atomic E-state index is 5.71. The Hall–Kier alpha value is -1.41. The highest BCUT2D eigenvalue weighted by Gasteiger charge is 2.29. The van der Waals surface area contributed by atoms with E-state index in [1.807, 2.05) is 0 Å². The molecule has 0 bridgehead atoms. The van der Waals surface area contributed by atoms with Gasteiger partial charge >= 0.3 is 0 Å². The van der Waals surface area contributed by atoms with Crippen molar-refractivity contribution in [2.75, 3.05) is 0 Å². The number of hydrogen-bond acceptors (Lipinski definition) is 7. The van der Waals surface area contributed by atoms with Gasteiger partial charge in [0.25, 0.3) is 0 Å². The third-order valence-corrected chi connectivity index (χ3v) is 4.19. The molecule has 0 atom stereocenters. The minimum atomic E-state index is 0.421. The monoisotopic (exact) mass is 308 g/mol. The zero-order valence-corrected chi connectivity index (χ0v) is 13.1. The molecule has 114 valence electrons. The van der Waals surface area contributed by atoms with E-state index < -0.39 is 0 Å². The third-order valence-electron chi connectivity index (χ3n) is 3.25. The molecular weight excluding hydrogens is 288 g/mol. The van der Waals surface area contributed by atoms with Gasteiger partial charge in [-0.05, 0) is 18.8 Å². The molecule has 2 heterocycles. The number of hydrogen-bond donors (Lipinski definition) is 1. The second-order valence-corrected chi connectivity index (χ2v) is 6.64. The average Bonchev–Trinajstić information content (AvgIpc) is 3.05. The molecule has 0 saturated heterocycles. The van der Waals surface area contributed by atoms with Crippen molar-refractivity contribution in [3.8, 4) is 0 Å². The van der Waals surface area contributed by atoms with Gasteiger partial charge in [0.05, 0.1) is 12.3 Å². The zero-order valence-electron chi connectivity index (χ0n) is 12.3. The minimum Gasteiger partial charge on any atom is -0.339 e. The van der Waals surface area contributed by atoms with Crippen LogP contribution in [0.2, 0.25) is 0 Å². The SMILES string of the molecule is CC(C)Cc1nc(CSc2nnc(CN)n2C2CC2)no1. The molecule has 3 rings (SSSR count). The molecule has 0 unspecified atom stereocenters. The van der Waals surface area contributed by atoms with Gasteiger partial charge in [0.2, 0.25) is 5.89 Å². The molecule has 0 radical (unpaired) electrons. The van der Waals surface area contributed by atoms with E-state index in [0.29, 0.717) is 36.0 Å². The Labute approximate surface area is 127 Å². The van der Waals surface area contributed by atoms with Crippen molar-refractivity contribution in [1.29, 1.82) is 0 Å². The van der Waals surface area contributed by atoms with Gasteiger partial charge in [-0.15, -0.1) is 10.2 Å². The summed E-state index contributed by atoms with van der Waals surface area (Å²) in [6.45, 7) is 4.68. The van der Waals surface area contributed by atoms with Crippen molar-refractivity contribution in [1.82, 2.24) is 24.9 Å². The molecule has 2 aromatic rings. The summed E-state index contributed by atoms with van der Waals surface area (Å²) in [5, 5.41) is 13.3. The predicted molar refractivity (Wildman–Crippen MR) is 78.6 cm³/mol. The van der Waals surface area contributed by atoms with E-state index >= 15 is 0 Å². The summed E-state index contributed by atoms with van der Waals surface area (Å²) >= 11 is 1.59.